The van der Waals surface area contributed by atoms with Gasteiger partial charge >= 0.3 is 12.3 Å². The molecule has 1 rings (SSSR count). The van der Waals surface area contributed by atoms with E-state index in [9.17, 15) is 22.8 Å². The van der Waals surface area contributed by atoms with Gasteiger partial charge in [0.05, 0.1) is 6.42 Å². The second-order valence-corrected chi connectivity index (χ2v) is 6.07. The van der Waals surface area contributed by atoms with Crippen LogP contribution in [-0.4, -0.2) is 41.3 Å². The van der Waals surface area contributed by atoms with E-state index in [-0.39, 0.29) is 37.0 Å². The molecule has 1 aromatic carbocycles. The van der Waals surface area contributed by atoms with E-state index in [2.05, 4.69) is 4.74 Å². The van der Waals surface area contributed by atoms with Gasteiger partial charge < -0.3 is 14.7 Å². The van der Waals surface area contributed by atoms with Gasteiger partial charge in [-0.3, -0.25) is 9.59 Å². The number of rotatable bonds is 9. The summed E-state index contributed by atoms with van der Waals surface area (Å²) in [5, 5.41) is 8.76. The molecule has 1 N–H and O–H groups in total. The number of amides is 1. The maximum absolute atomic E-state index is 12.3. The SMILES string of the molecule is CC(C)CN(CCC(=O)O)C(=O)CCc1ccc(OC(F)(F)F)cc1. The van der Waals surface area contributed by atoms with E-state index in [1.807, 2.05) is 13.8 Å². The fraction of sp³-hybridized carbons (Fsp3) is 0.529. The molecule has 0 aromatic heterocycles. The van der Waals surface area contributed by atoms with Gasteiger partial charge in [0.25, 0.3) is 0 Å². The van der Waals surface area contributed by atoms with Gasteiger partial charge in [0.2, 0.25) is 5.91 Å². The van der Waals surface area contributed by atoms with E-state index in [0.717, 1.165) is 0 Å². The molecule has 25 heavy (non-hydrogen) atoms. The van der Waals surface area contributed by atoms with Crippen molar-refractivity contribution in [3.63, 3.8) is 0 Å². The molecule has 1 aromatic rings. The second-order valence-electron chi connectivity index (χ2n) is 6.07. The highest BCUT2D eigenvalue weighted by Gasteiger charge is 2.30. The Kier molecular flexibility index (Phi) is 7.73. The minimum Gasteiger partial charge on any atom is -0.481 e. The van der Waals surface area contributed by atoms with Crippen LogP contribution in [-0.2, 0) is 16.0 Å². The van der Waals surface area contributed by atoms with Crippen molar-refractivity contribution in [1.82, 2.24) is 4.90 Å². The van der Waals surface area contributed by atoms with Crippen molar-refractivity contribution in [2.75, 3.05) is 13.1 Å². The van der Waals surface area contributed by atoms with Crippen LogP contribution in [0.25, 0.3) is 0 Å². The Morgan fingerprint density at radius 1 is 1.16 bits per heavy atom. The summed E-state index contributed by atoms with van der Waals surface area (Å²) in [4.78, 5) is 24.5. The normalized spacial score (nSPS) is 11.4. The molecule has 0 heterocycles. The average Bonchev–Trinajstić information content (AvgIpc) is 2.48. The third-order valence-corrected chi connectivity index (χ3v) is 3.32. The molecule has 8 heteroatoms. The highest BCUT2D eigenvalue weighted by atomic mass is 19.4. The number of hydrogen-bond donors (Lipinski definition) is 1. The maximum Gasteiger partial charge on any atom is 0.573 e. The summed E-state index contributed by atoms with van der Waals surface area (Å²) in [6.45, 7) is 4.47. The molecular formula is C17H22F3NO4. The third-order valence-electron chi connectivity index (χ3n) is 3.32. The van der Waals surface area contributed by atoms with Crippen LogP contribution in [0.2, 0.25) is 0 Å². The van der Waals surface area contributed by atoms with Gasteiger partial charge in [-0.1, -0.05) is 26.0 Å². The summed E-state index contributed by atoms with van der Waals surface area (Å²) in [6.07, 6.45) is -4.35. The molecule has 0 saturated heterocycles. The van der Waals surface area contributed by atoms with Gasteiger partial charge in [0.15, 0.2) is 0 Å². The molecule has 0 atom stereocenters. The zero-order valence-electron chi connectivity index (χ0n) is 14.2. The van der Waals surface area contributed by atoms with Crippen LogP contribution >= 0.6 is 0 Å². The Morgan fingerprint density at radius 3 is 2.24 bits per heavy atom. The van der Waals surface area contributed by atoms with Crippen LogP contribution in [0, 0.1) is 5.92 Å². The van der Waals surface area contributed by atoms with Gasteiger partial charge in [-0.15, -0.1) is 13.2 Å². The quantitative estimate of drug-likeness (QED) is 0.731. The zero-order valence-corrected chi connectivity index (χ0v) is 14.2. The van der Waals surface area contributed by atoms with Crippen LogP contribution in [0.4, 0.5) is 13.2 Å². The van der Waals surface area contributed by atoms with Crippen molar-refractivity contribution < 1.29 is 32.6 Å². The molecular weight excluding hydrogens is 339 g/mol. The Balaban J connectivity index is 2.58. The van der Waals surface area contributed by atoms with Crippen molar-refractivity contribution in [3.05, 3.63) is 29.8 Å². The van der Waals surface area contributed by atoms with Crippen LogP contribution in [0.3, 0.4) is 0 Å². The van der Waals surface area contributed by atoms with Gasteiger partial charge in [0, 0.05) is 19.5 Å². The summed E-state index contributed by atoms with van der Waals surface area (Å²) in [5.41, 5.74) is 0.700. The fourth-order valence-corrected chi connectivity index (χ4v) is 2.26. The number of benzene rings is 1. The predicted molar refractivity (Wildman–Crippen MR) is 85.1 cm³/mol. The number of ether oxygens (including phenoxy) is 1. The number of alkyl halides is 3. The van der Waals surface area contributed by atoms with E-state index >= 15 is 0 Å². The molecule has 5 nitrogen and oxygen atoms in total. The smallest absolute Gasteiger partial charge is 0.481 e. The van der Waals surface area contributed by atoms with E-state index < -0.39 is 12.3 Å². The Bertz CT molecular complexity index is 570. The van der Waals surface area contributed by atoms with Crippen LogP contribution in [0.5, 0.6) is 5.75 Å². The van der Waals surface area contributed by atoms with E-state index in [0.29, 0.717) is 18.5 Å². The molecule has 1 amide bonds. The summed E-state index contributed by atoms with van der Waals surface area (Å²) >= 11 is 0. The minimum absolute atomic E-state index is 0.123. The van der Waals surface area contributed by atoms with Crippen molar-refractivity contribution in [1.29, 1.82) is 0 Å². The first-order chi connectivity index (χ1) is 11.6. The topological polar surface area (TPSA) is 66.8 Å². The van der Waals surface area contributed by atoms with Crippen LogP contribution < -0.4 is 4.74 Å². The van der Waals surface area contributed by atoms with Crippen molar-refractivity contribution >= 4 is 11.9 Å². The highest BCUT2D eigenvalue weighted by molar-refractivity contribution is 5.77. The van der Waals surface area contributed by atoms with Gasteiger partial charge in [-0.2, -0.15) is 0 Å². The third kappa shape index (κ3) is 8.97. The summed E-state index contributed by atoms with van der Waals surface area (Å²) in [5.74, 6) is -1.26. The lowest BCUT2D eigenvalue weighted by Crippen LogP contribution is -2.36. The molecule has 0 saturated carbocycles. The first-order valence-electron chi connectivity index (χ1n) is 7.91. The Morgan fingerprint density at radius 2 is 1.76 bits per heavy atom. The number of carbonyl (C=O) groups is 2. The number of nitrogens with zero attached hydrogens (tertiary/aromatic N) is 1. The highest BCUT2D eigenvalue weighted by Crippen LogP contribution is 2.23. The molecule has 0 spiro atoms. The Labute approximate surface area is 144 Å². The summed E-state index contributed by atoms with van der Waals surface area (Å²) in [6, 6.07) is 5.34. The molecule has 0 bridgehead atoms. The van der Waals surface area contributed by atoms with Gasteiger partial charge in [-0.25, -0.2) is 0 Å². The van der Waals surface area contributed by atoms with Gasteiger partial charge in [-0.05, 0) is 30.0 Å². The van der Waals surface area contributed by atoms with Crippen molar-refractivity contribution in [2.45, 2.75) is 39.5 Å². The fourth-order valence-electron chi connectivity index (χ4n) is 2.26. The lowest BCUT2D eigenvalue weighted by atomic mass is 10.1. The monoisotopic (exact) mass is 361 g/mol. The summed E-state index contributed by atoms with van der Waals surface area (Å²) < 4.78 is 40.1. The molecule has 0 aliphatic rings. The van der Waals surface area contributed by atoms with Gasteiger partial charge in [0.1, 0.15) is 5.75 Å². The molecule has 0 unspecified atom stereocenters. The van der Waals surface area contributed by atoms with E-state index in [1.165, 1.54) is 29.2 Å². The number of carboxylic acid groups (broad SMARTS) is 1. The first-order valence-corrected chi connectivity index (χ1v) is 7.91. The molecule has 0 fully saturated rings. The molecule has 0 aliphatic heterocycles. The Hall–Kier alpha value is -2.25. The lowest BCUT2D eigenvalue weighted by Gasteiger charge is -2.24. The van der Waals surface area contributed by atoms with Crippen LogP contribution in [0.15, 0.2) is 24.3 Å². The van der Waals surface area contributed by atoms with Crippen molar-refractivity contribution in [2.24, 2.45) is 5.92 Å². The second kappa shape index (κ2) is 9.29. The zero-order chi connectivity index (χ0) is 19.0. The van der Waals surface area contributed by atoms with Crippen LogP contribution in [0.1, 0.15) is 32.3 Å². The molecule has 0 radical (unpaired) electrons. The number of carbonyl (C=O) groups excluding carboxylic acids is 1. The molecule has 0 aliphatic carbocycles. The first kappa shape index (κ1) is 20.8. The number of aliphatic carboxylic acids is 1. The molecule has 140 valence electrons. The minimum atomic E-state index is -4.74. The number of halogens is 3. The van der Waals surface area contributed by atoms with E-state index in [1.54, 1.807) is 0 Å². The summed E-state index contributed by atoms with van der Waals surface area (Å²) in [7, 11) is 0. The lowest BCUT2D eigenvalue weighted by molar-refractivity contribution is -0.274. The average molecular weight is 361 g/mol. The maximum atomic E-state index is 12.3. The number of aryl methyl sites for hydroxylation is 1. The number of hydrogen-bond acceptors (Lipinski definition) is 3. The largest absolute Gasteiger partial charge is 0.573 e. The predicted octanol–water partition coefficient (Wildman–Crippen LogP) is 3.48. The standard InChI is InChI=1S/C17H22F3NO4/c1-12(2)11-21(10-9-16(23)24)15(22)8-5-13-3-6-14(7-4-13)25-17(18,19)20/h3-4,6-7,12H,5,8-11H2,1-2H3,(H,23,24). The van der Waals surface area contributed by atoms with E-state index in [4.69, 9.17) is 5.11 Å². The van der Waals surface area contributed by atoms with Crippen molar-refractivity contribution in [3.8, 4) is 5.75 Å². The number of carboxylic acids is 1.